The van der Waals surface area contributed by atoms with Gasteiger partial charge in [0.15, 0.2) is 5.03 Å². The van der Waals surface area contributed by atoms with Crippen molar-refractivity contribution in [1.29, 1.82) is 0 Å². The van der Waals surface area contributed by atoms with E-state index in [1.807, 2.05) is 6.92 Å². The van der Waals surface area contributed by atoms with Gasteiger partial charge in [0, 0.05) is 5.56 Å². The van der Waals surface area contributed by atoms with E-state index in [2.05, 4.69) is 4.98 Å². The van der Waals surface area contributed by atoms with Gasteiger partial charge in [0.1, 0.15) is 4.21 Å². The second-order valence-corrected chi connectivity index (χ2v) is 9.69. The Morgan fingerprint density at radius 2 is 1.64 bits per heavy atom. The van der Waals surface area contributed by atoms with Gasteiger partial charge in [-0.3, -0.25) is 4.79 Å². The van der Waals surface area contributed by atoms with Crippen molar-refractivity contribution in [2.24, 2.45) is 0 Å². The number of thiazole rings is 1. The molecule has 1 heterocycles. The fraction of sp³-hybridized carbons (Fsp3) is 0.111. The number of carbonyl (C=O) groups is 1. The molecule has 4 nitrogen and oxygen atoms in total. The van der Waals surface area contributed by atoms with Gasteiger partial charge in [0.05, 0.1) is 16.0 Å². The molecule has 10 heteroatoms. The van der Waals surface area contributed by atoms with Crippen LogP contribution in [0.2, 0.25) is 0 Å². The lowest BCUT2D eigenvalue weighted by molar-refractivity contribution is -0.137. The first-order chi connectivity index (χ1) is 13.1. The third-order valence-electron chi connectivity index (χ3n) is 3.72. The number of sulfone groups is 1. The fourth-order valence-corrected chi connectivity index (χ4v) is 5.88. The topological polar surface area (TPSA) is 64.1 Å². The van der Waals surface area contributed by atoms with Crippen molar-refractivity contribution in [1.82, 2.24) is 4.98 Å². The van der Waals surface area contributed by atoms with Crippen LogP contribution in [-0.4, -0.2) is 18.5 Å². The maximum atomic E-state index is 12.8. The minimum atomic E-state index is -4.50. The molecule has 0 aliphatic heterocycles. The van der Waals surface area contributed by atoms with Crippen molar-refractivity contribution in [3.63, 3.8) is 0 Å². The second kappa shape index (κ2) is 7.69. The molecule has 0 aliphatic rings. The molecule has 146 valence electrons. The van der Waals surface area contributed by atoms with Crippen LogP contribution in [0.25, 0.3) is 0 Å². The number of thioether (sulfide) groups is 1. The molecule has 0 amide bonds. The Labute approximate surface area is 167 Å². The fourth-order valence-electron chi connectivity index (χ4n) is 2.24. The highest BCUT2D eigenvalue weighted by Crippen LogP contribution is 2.36. The molecular weight excluding hydrogens is 431 g/mol. The van der Waals surface area contributed by atoms with Gasteiger partial charge in [0.25, 0.3) is 0 Å². The van der Waals surface area contributed by atoms with E-state index in [1.54, 1.807) is 12.1 Å². The predicted molar refractivity (Wildman–Crippen MR) is 100 cm³/mol. The molecule has 0 saturated carbocycles. The summed E-state index contributed by atoms with van der Waals surface area (Å²) in [5, 5.41) is -0.815. The highest BCUT2D eigenvalue weighted by Gasteiger charge is 2.30. The van der Waals surface area contributed by atoms with Crippen LogP contribution in [-0.2, 0) is 16.0 Å². The smallest absolute Gasteiger partial charge is 0.281 e. The highest BCUT2D eigenvalue weighted by atomic mass is 32.2. The van der Waals surface area contributed by atoms with Gasteiger partial charge in [-0.15, -0.1) is 11.3 Å². The van der Waals surface area contributed by atoms with Crippen molar-refractivity contribution in [2.45, 2.75) is 27.2 Å². The average Bonchev–Trinajstić information content (AvgIpc) is 3.10. The predicted octanol–water partition coefficient (Wildman–Crippen LogP) is 5.24. The van der Waals surface area contributed by atoms with Crippen molar-refractivity contribution < 1.29 is 26.4 Å². The lowest BCUT2D eigenvalue weighted by Gasteiger charge is -2.07. The van der Waals surface area contributed by atoms with Crippen molar-refractivity contribution >= 4 is 38.1 Å². The van der Waals surface area contributed by atoms with Crippen molar-refractivity contribution in [3.8, 4) is 0 Å². The van der Waals surface area contributed by atoms with Crippen LogP contribution in [0.1, 0.15) is 21.5 Å². The van der Waals surface area contributed by atoms with Gasteiger partial charge in [-0.2, -0.15) is 13.2 Å². The summed E-state index contributed by atoms with van der Waals surface area (Å²) in [7, 11) is -3.92. The first kappa shape index (κ1) is 20.6. The first-order valence-electron chi connectivity index (χ1n) is 7.74. The Hall–Kier alpha value is -2.17. The number of hydrogen-bond donors (Lipinski definition) is 0. The molecule has 0 spiro atoms. The average molecular weight is 443 g/mol. The van der Waals surface area contributed by atoms with E-state index in [4.69, 9.17) is 0 Å². The maximum absolute atomic E-state index is 12.8. The van der Waals surface area contributed by atoms with E-state index in [0.717, 1.165) is 41.2 Å². The summed E-state index contributed by atoms with van der Waals surface area (Å²) in [6.45, 7) is 1.82. The molecule has 0 saturated heterocycles. The summed E-state index contributed by atoms with van der Waals surface area (Å²) in [6, 6.07) is 9.96. The lowest BCUT2D eigenvalue weighted by Crippen LogP contribution is -2.06. The zero-order chi connectivity index (χ0) is 20.5. The Morgan fingerprint density at radius 1 is 1.04 bits per heavy atom. The van der Waals surface area contributed by atoms with Gasteiger partial charge < -0.3 is 0 Å². The Kier molecular flexibility index (Phi) is 5.64. The summed E-state index contributed by atoms with van der Waals surface area (Å²) in [5.74, 6) is 0. The summed E-state index contributed by atoms with van der Waals surface area (Å²) in [6.07, 6.45) is -4.50. The highest BCUT2D eigenvalue weighted by molar-refractivity contribution is 8.15. The number of rotatable bonds is 4. The summed E-state index contributed by atoms with van der Waals surface area (Å²) < 4.78 is 63.6. The quantitative estimate of drug-likeness (QED) is 0.516. The number of aryl methyl sites for hydroxylation is 1. The van der Waals surface area contributed by atoms with Gasteiger partial charge in [-0.1, -0.05) is 17.7 Å². The van der Waals surface area contributed by atoms with Crippen LogP contribution in [0, 0.1) is 6.92 Å². The molecule has 0 fully saturated rings. The number of carbonyl (C=O) groups excluding carboxylic acids is 1. The number of alkyl halides is 3. The molecule has 3 rings (SSSR count). The van der Waals surface area contributed by atoms with E-state index >= 15 is 0 Å². The minimum Gasteiger partial charge on any atom is -0.281 e. The van der Waals surface area contributed by atoms with Crippen molar-refractivity contribution in [2.75, 3.05) is 0 Å². The molecule has 3 aromatic rings. The third-order valence-corrected chi connectivity index (χ3v) is 7.65. The number of nitrogens with zero attached hydrogens (tertiary/aromatic N) is 1. The second-order valence-electron chi connectivity index (χ2n) is 5.73. The zero-order valence-corrected chi connectivity index (χ0v) is 16.7. The molecule has 0 atom stereocenters. The van der Waals surface area contributed by atoms with Gasteiger partial charge in [-0.25, -0.2) is 13.4 Å². The first-order valence-corrected chi connectivity index (χ1v) is 10.9. The largest absolute Gasteiger partial charge is 0.416 e. The minimum absolute atomic E-state index is 0.0325. The summed E-state index contributed by atoms with van der Waals surface area (Å²) in [4.78, 5) is 16.3. The normalized spacial score (nSPS) is 12.1. The van der Waals surface area contributed by atoms with Crippen LogP contribution >= 0.6 is 23.1 Å². The number of hydrogen-bond acceptors (Lipinski definition) is 6. The Bertz CT molecular complexity index is 1100. The Morgan fingerprint density at radius 3 is 2.21 bits per heavy atom. The van der Waals surface area contributed by atoms with Crippen LogP contribution < -0.4 is 0 Å². The molecule has 0 bridgehead atoms. The zero-order valence-electron chi connectivity index (χ0n) is 14.2. The molecule has 2 aromatic carbocycles. The SMILES string of the molecule is Cc1ccc(S(=O)(=O)c2ncsc2SC(=O)c2ccc(C(F)(F)F)cc2)cc1. The molecule has 0 radical (unpaired) electrons. The monoisotopic (exact) mass is 443 g/mol. The molecule has 1 aromatic heterocycles. The van der Waals surface area contributed by atoms with E-state index in [9.17, 15) is 26.4 Å². The van der Waals surface area contributed by atoms with Crippen LogP contribution in [0.4, 0.5) is 13.2 Å². The standard InChI is InChI=1S/C18H12F3NO3S3/c1-11-2-8-14(9-3-11)28(24,25)15-17(26-10-22-15)27-16(23)12-4-6-13(7-5-12)18(19,20)21/h2-10H,1H3. The van der Waals surface area contributed by atoms with E-state index in [0.29, 0.717) is 11.8 Å². The third kappa shape index (κ3) is 4.29. The summed E-state index contributed by atoms with van der Waals surface area (Å²) >= 11 is 1.60. The molecular formula is C18H12F3NO3S3. The lowest BCUT2D eigenvalue weighted by atomic mass is 10.1. The molecule has 0 N–H and O–H groups in total. The van der Waals surface area contributed by atoms with E-state index in [1.165, 1.54) is 17.6 Å². The number of halogens is 3. The number of benzene rings is 2. The molecule has 28 heavy (non-hydrogen) atoms. The van der Waals surface area contributed by atoms with Gasteiger partial charge in [0.2, 0.25) is 15.0 Å². The Balaban J connectivity index is 1.86. The van der Waals surface area contributed by atoms with Gasteiger partial charge in [-0.05, 0) is 55.1 Å². The summed E-state index contributed by atoms with van der Waals surface area (Å²) in [5.41, 5.74) is 1.37. The number of aromatic nitrogens is 1. The molecule has 0 aliphatic carbocycles. The van der Waals surface area contributed by atoms with Crippen LogP contribution in [0.3, 0.4) is 0 Å². The van der Waals surface area contributed by atoms with Gasteiger partial charge >= 0.3 is 6.18 Å². The van der Waals surface area contributed by atoms with E-state index in [-0.39, 0.29) is 19.7 Å². The molecule has 0 unspecified atom stereocenters. The van der Waals surface area contributed by atoms with Crippen LogP contribution in [0.5, 0.6) is 0 Å². The van der Waals surface area contributed by atoms with E-state index < -0.39 is 26.7 Å². The van der Waals surface area contributed by atoms with Crippen molar-refractivity contribution in [3.05, 3.63) is 70.7 Å². The maximum Gasteiger partial charge on any atom is 0.416 e. The van der Waals surface area contributed by atoms with Crippen LogP contribution in [0.15, 0.2) is 68.2 Å².